The second-order valence-corrected chi connectivity index (χ2v) is 5.75. The molecule has 0 saturated carbocycles. The summed E-state index contributed by atoms with van der Waals surface area (Å²) < 4.78 is 19.8. The van der Waals surface area contributed by atoms with Gasteiger partial charge in [0.2, 0.25) is 0 Å². The Hall–Kier alpha value is -3.21. The average molecular weight is 350 g/mol. The van der Waals surface area contributed by atoms with Gasteiger partial charge in [-0.2, -0.15) is 0 Å². The SMILES string of the molecule is C=CCCOc1cccc(CNC(=O)c2ccc3ncccc3c2)c1F. The fourth-order valence-corrected chi connectivity index (χ4v) is 2.55. The number of amides is 1. The van der Waals surface area contributed by atoms with Crippen molar-refractivity contribution < 1.29 is 13.9 Å². The predicted octanol–water partition coefficient (Wildman–Crippen LogP) is 4.26. The lowest BCUT2D eigenvalue weighted by molar-refractivity contribution is 0.0950. The van der Waals surface area contributed by atoms with Gasteiger partial charge in [-0.15, -0.1) is 6.58 Å². The topological polar surface area (TPSA) is 51.2 Å². The number of pyridine rings is 1. The van der Waals surface area contributed by atoms with Crippen molar-refractivity contribution in [2.45, 2.75) is 13.0 Å². The number of nitrogens with zero attached hydrogens (tertiary/aromatic N) is 1. The van der Waals surface area contributed by atoms with Crippen molar-refractivity contribution in [1.29, 1.82) is 0 Å². The van der Waals surface area contributed by atoms with Crippen LogP contribution in [-0.4, -0.2) is 17.5 Å². The number of carbonyl (C=O) groups is 1. The van der Waals surface area contributed by atoms with Gasteiger partial charge in [0.1, 0.15) is 0 Å². The summed E-state index contributed by atoms with van der Waals surface area (Å²) >= 11 is 0. The fraction of sp³-hybridized carbons (Fsp3) is 0.143. The van der Waals surface area contributed by atoms with Crippen LogP contribution in [0.1, 0.15) is 22.3 Å². The molecule has 0 fully saturated rings. The number of fused-ring (bicyclic) bond motifs is 1. The van der Waals surface area contributed by atoms with E-state index in [0.29, 0.717) is 24.2 Å². The van der Waals surface area contributed by atoms with Gasteiger partial charge in [0, 0.05) is 29.3 Å². The maximum Gasteiger partial charge on any atom is 0.251 e. The van der Waals surface area contributed by atoms with E-state index in [1.165, 1.54) is 0 Å². The predicted molar refractivity (Wildman–Crippen MR) is 99.6 cm³/mol. The lowest BCUT2D eigenvalue weighted by Crippen LogP contribution is -2.23. The van der Waals surface area contributed by atoms with Gasteiger partial charge in [-0.1, -0.05) is 24.3 Å². The average Bonchev–Trinajstić information content (AvgIpc) is 2.68. The van der Waals surface area contributed by atoms with Gasteiger partial charge in [0.05, 0.1) is 12.1 Å². The molecule has 0 radical (unpaired) electrons. The van der Waals surface area contributed by atoms with Crippen LogP contribution >= 0.6 is 0 Å². The minimum absolute atomic E-state index is 0.0778. The maximum absolute atomic E-state index is 14.5. The highest BCUT2D eigenvalue weighted by molar-refractivity contribution is 5.97. The van der Waals surface area contributed by atoms with Gasteiger partial charge < -0.3 is 10.1 Å². The number of nitrogens with one attached hydrogen (secondary N) is 1. The second kappa shape index (κ2) is 8.25. The summed E-state index contributed by atoms with van der Waals surface area (Å²) in [7, 11) is 0. The van der Waals surface area contributed by atoms with E-state index >= 15 is 0 Å². The van der Waals surface area contributed by atoms with Crippen molar-refractivity contribution in [2.75, 3.05) is 6.61 Å². The van der Waals surface area contributed by atoms with E-state index in [2.05, 4.69) is 16.9 Å². The number of aromatic nitrogens is 1. The van der Waals surface area contributed by atoms with Crippen molar-refractivity contribution >= 4 is 16.8 Å². The van der Waals surface area contributed by atoms with Crippen LogP contribution in [0.5, 0.6) is 5.75 Å². The van der Waals surface area contributed by atoms with Crippen LogP contribution in [0.4, 0.5) is 4.39 Å². The Bertz CT molecular complexity index is 940. The van der Waals surface area contributed by atoms with E-state index in [9.17, 15) is 9.18 Å². The first-order valence-corrected chi connectivity index (χ1v) is 8.33. The molecule has 1 aromatic heterocycles. The Labute approximate surface area is 151 Å². The van der Waals surface area contributed by atoms with Gasteiger partial charge in [-0.05, 0) is 36.8 Å². The third-order valence-electron chi connectivity index (χ3n) is 3.93. The van der Waals surface area contributed by atoms with Crippen LogP contribution in [0, 0.1) is 5.82 Å². The van der Waals surface area contributed by atoms with Gasteiger partial charge in [0.25, 0.3) is 5.91 Å². The number of halogens is 1. The maximum atomic E-state index is 14.5. The van der Waals surface area contributed by atoms with Crippen molar-refractivity contribution in [1.82, 2.24) is 10.3 Å². The molecule has 0 bridgehead atoms. The van der Waals surface area contributed by atoms with Crippen LogP contribution in [0.3, 0.4) is 0 Å². The standard InChI is InChI=1S/C21H19FN2O2/c1-2-3-12-26-19-8-4-6-17(20(19)22)14-24-21(25)16-9-10-18-15(13-16)7-5-11-23-18/h2,4-11,13H,1,3,12,14H2,(H,24,25). The summed E-state index contributed by atoms with van der Waals surface area (Å²) in [4.78, 5) is 16.6. The van der Waals surface area contributed by atoms with Gasteiger partial charge >= 0.3 is 0 Å². The van der Waals surface area contributed by atoms with E-state index in [1.807, 2.05) is 12.1 Å². The summed E-state index contributed by atoms with van der Waals surface area (Å²) in [5, 5.41) is 3.62. The van der Waals surface area contributed by atoms with Crippen LogP contribution in [0.25, 0.3) is 10.9 Å². The molecule has 1 amide bonds. The first kappa shape index (κ1) is 17.6. The molecule has 26 heavy (non-hydrogen) atoms. The number of rotatable bonds is 7. The van der Waals surface area contributed by atoms with Crippen LogP contribution in [-0.2, 0) is 6.54 Å². The Kier molecular flexibility index (Phi) is 5.59. The molecule has 1 heterocycles. The highest BCUT2D eigenvalue weighted by Gasteiger charge is 2.11. The van der Waals surface area contributed by atoms with Gasteiger partial charge in [-0.25, -0.2) is 4.39 Å². The van der Waals surface area contributed by atoms with Crippen LogP contribution < -0.4 is 10.1 Å². The monoisotopic (exact) mass is 350 g/mol. The number of ether oxygens (including phenoxy) is 1. The van der Waals surface area contributed by atoms with E-state index in [4.69, 9.17) is 4.74 Å². The lowest BCUT2D eigenvalue weighted by Gasteiger charge is -2.11. The van der Waals surface area contributed by atoms with Crippen LogP contribution in [0.15, 0.2) is 67.4 Å². The number of hydrogen-bond acceptors (Lipinski definition) is 3. The number of hydrogen-bond donors (Lipinski definition) is 1. The minimum Gasteiger partial charge on any atom is -0.490 e. The summed E-state index contributed by atoms with van der Waals surface area (Å²) in [5.41, 5.74) is 1.70. The molecule has 5 heteroatoms. The van der Waals surface area contributed by atoms with Crippen molar-refractivity contribution in [3.8, 4) is 5.75 Å². The lowest BCUT2D eigenvalue weighted by atomic mass is 10.1. The molecule has 0 atom stereocenters. The molecule has 0 unspecified atom stereocenters. The molecule has 0 spiro atoms. The molecular weight excluding hydrogens is 331 g/mol. The highest BCUT2D eigenvalue weighted by Crippen LogP contribution is 2.21. The Balaban J connectivity index is 1.68. The molecule has 1 N–H and O–H groups in total. The summed E-state index contributed by atoms with van der Waals surface area (Å²) in [6.07, 6.45) is 4.05. The molecular formula is C21H19FN2O2. The number of benzene rings is 2. The minimum atomic E-state index is -0.459. The molecule has 132 valence electrons. The fourth-order valence-electron chi connectivity index (χ4n) is 2.55. The van der Waals surface area contributed by atoms with E-state index in [-0.39, 0.29) is 18.2 Å². The molecule has 0 aliphatic heterocycles. The number of carbonyl (C=O) groups excluding carboxylic acids is 1. The van der Waals surface area contributed by atoms with E-state index in [0.717, 1.165) is 10.9 Å². The largest absolute Gasteiger partial charge is 0.490 e. The summed E-state index contributed by atoms with van der Waals surface area (Å²) in [6.45, 7) is 4.04. The third-order valence-corrected chi connectivity index (χ3v) is 3.93. The molecule has 4 nitrogen and oxygen atoms in total. The Morgan fingerprint density at radius 3 is 2.96 bits per heavy atom. The normalized spacial score (nSPS) is 10.5. The zero-order chi connectivity index (χ0) is 18.4. The zero-order valence-electron chi connectivity index (χ0n) is 14.2. The van der Waals surface area contributed by atoms with Crippen LogP contribution in [0.2, 0.25) is 0 Å². The Morgan fingerprint density at radius 2 is 2.12 bits per heavy atom. The summed E-state index contributed by atoms with van der Waals surface area (Å²) in [6, 6.07) is 13.9. The van der Waals surface area contributed by atoms with Crippen molar-refractivity contribution in [2.24, 2.45) is 0 Å². The van der Waals surface area contributed by atoms with E-state index in [1.54, 1.807) is 48.7 Å². The third kappa shape index (κ3) is 4.06. The van der Waals surface area contributed by atoms with Crippen molar-refractivity contribution in [3.63, 3.8) is 0 Å². The van der Waals surface area contributed by atoms with E-state index < -0.39 is 5.82 Å². The zero-order valence-corrected chi connectivity index (χ0v) is 14.2. The first-order chi connectivity index (χ1) is 12.7. The van der Waals surface area contributed by atoms with Gasteiger partial charge in [-0.3, -0.25) is 9.78 Å². The van der Waals surface area contributed by atoms with Gasteiger partial charge in [0.15, 0.2) is 11.6 Å². The van der Waals surface area contributed by atoms with Crippen molar-refractivity contribution in [3.05, 3.63) is 84.3 Å². The Morgan fingerprint density at radius 1 is 1.23 bits per heavy atom. The smallest absolute Gasteiger partial charge is 0.251 e. The molecule has 3 rings (SSSR count). The highest BCUT2D eigenvalue weighted by atomic mass is 19.1. The quantitative estimate of drug-likeness (QED) is 0.512. The first-order valence-electron chi connectivity index (χ1n) is 8.33. The summed E-state index contributed by atoms with van der Waals surface area (Å²) in [5.74, 6) is -0.553. The second-order valence-electron chi connectivity index (χ2n) is 5.75. The molecule has 3 aromatic rings. The molecule has 0 saturated heterocycles. The molecule has 2 aromatic carbocycles. The molecule has 0 aliphatic rings. The molecule has 0 aliphatic carbocycles.